The normalized spacial score (nSPS) is 12.2. The molecule has 3 heterocycles. The number of urea groups is 1. The Morgan fingerprint density at radius 1 is 0.864 bits per heavy atom. The summed E-state index contributed by atoms with van der Waals surface area (Å²) in [7, 11) is 0. The number of anilines is 2. The Morgan fingerprint density at radius 2 is 1.64 bits per heavy atom. The molecule has 0 fully saturated rings. The van der Waals surface area contributed by atoms with Gasteiger partial charge in [0.2, 0.25) is 0 Å². The minimum Gasteiger partial charge on any atom is -0.382 e. The van der Waals surface area contributed by atoms with Crippen LogP contribution >= 0.6 is 0 Å². The van der Waals surface area contributed by atoms with Crippen molar-refractivity contribution in [1.82, 2.24) is 19.7 Å². The second-order valence-electron chi connectivity index (χ2n) is 11.9. The first kappa shape index (κ1) is 28.8. The number of carbonyl (C=O) groups is 1. The molecule has 3 aromatic heterocycles. The zero-order valence-electron chi connectivity index (χ0n) is 25.1. The molecule has 3 N–H and O–H groups in total. The summed E-state index contributed by atoms with van der Waals surface area (Å²) in [5.41, 5.74) is 6.46. The molecule has 3 aromatic carbocycles. The molecule has 1 atom stereocenters. The number of benzene rings is 3. The average Bonchev–Trinajstić information content (AvgIpc) is 3.46. The van der Waals surface area contributed by atoms with Gasteiger partial charge in [0.25, 0.3) is 0 Å². The first-order valence-corrected chi connectivity index (χ1v) is 14.5. The highest BCUT2D eigenvalue weighted by molar-refractivity contribution is 6.09. The average molecular weight is 583 g/mol. The smallest absolute Gasteiger partial charge is 0.324 e. The minimum absolute atomic E-state index is 0.196. The van der Waals surface area contributed by atoms with E-state index in [0.29, 0.717) is 22.8 Å². The topological polar surface area (TPSA) is 105 Å². The number of rotatable bonds is 6. The molecule has 0 saturated heterocycles. The van der Waals surface area contributed by atoms with Crippen LogP contribution in [0.4, 0.5) is 16.3 Å². The molecule has 2 amide bonds. The van der Waals surface area contributed by atoms with Crippen molar-refractivity contribution in [3.8, 4) is 16.8 Å². The molecule has 0 bridgehead atoms. The number of aliphatic hydroxyl groups excluding tert-OH is 1. The fourth-order valence-corrected chi connectivity index (χ4v) is 5.08. The Kier molecular flexibility index (Phi) is 7.67. The Hall–Kier alpha value is -5.34. The molecule has 0 aliphatic heterocycles. The predicted molar refractivity (Wildman–Crippen MR) is 175 cm³/mol. The predicted octanol–water partition coefficient (Wildman–Crippen LogP) is 7.81. The highest BCUT2D eigenvalue weighted by Gasteiger charge is 2.22. The zero-order valence-corrected chi connectivity index (χ0v) is 25.1. The SMILES string of the molecule is Cc1ccc(-n2nc(C(C)(C)C)cc2NC(=O)Nc2ccc(-c3ccc(C(O)c4cccnc4)nc3)c3ccccc23)cc1. The first-order chi connectivity index (χ1) is 21.2. The van der Waals surface area contributed by atoms with Crippen molar-refractivity contribution in [2.75, 3.05) is 10.6 Å². The van der Waals surface area contributed by atoms with E-state index < -0.39 is 6.10 Å². The van der Waals surface area contributed by atoms with Crippen LogP contribution < -0.4 is 10.6 Å². The van der Waals surface area contributed by atoms with Crippen LogP contribution in [0.25, 0.3) is 27.6 Å². The number of hydrogen-bond acceptors (Lipinski definition) is 5. The Balaban J connectivity index is 1.27. The van der Waals surface area contributed by atoms with Crippen LogP contribution in [0, 0.1) is 6.92 Å². The van der Waals surface area contributed by atoms with Gasteiger partial charge in [-0.2, -0.15) is 5.10 Å². The third-order valence-corrected chi connectivity index (χ3v) is 7.55. The van der Waals surface area contributed by atoms with Crippen LogP contribution in [0.15, 0.2) is 110 Å². The van der Waals surface area contributed by atoms with Crippen LogP contribution in [0.1, 0.15) is 49.4 Å². The van der Waals surface area contributed by atoms with E-state index in [1.807, 2.05) is 91.9 Å². The summed E-state index contributed by atoms with van der Waals surface area (Å²) >= 11 is 0. The molecule has 8 heteroatoms. The molecule has 1 unspecified atom stereocenters. The van der Waals surface area contributed by atoms with E-state index in [0.717, 1.165) is 38.8 Å². The number of hydrogen-bond donors (Lipinski definition) is 3. The molecule has 220 valence electrons. The Labute approximate surface area is 256 Å². The third kappa shape index (κ3) is 5.93. The van der Waals surface area contributed by atoms with Crippen LogP contribution in [0.3, 0.4) is 0 Å². The summed E-state index contributed by atoms with van der Waals surface area (Å²) in [5, 5.41) is 23.5. The summed E-state index contributed by atoms with van der Waals surface area (Å²) in [4.78, 5) is 22.0. The maximum absolute atomic E-state index is 13.4. The maximum Gasteiger partial charge on any atom is 0.324 e. The summed E-state index contributed by atoms with van der Waals surface area (Å²) in [6, 6.07) is 28.8. The van der Waals surface area contributed by atoms with Crippen LogP contribution in [0.5, 0.6) is 0 Å². The standard InChI is InChI=1S/C36H34N6O2/c1-23-11-14-26(15-12-23)42-33(20-32(41-42)36(2,3)4)40-35(44)39-30-18-16-27(28-9-5-6-10-29(28)30)24-13-17-31(38-22-24)34(43)25-8-7-19-37-21-25/h5-22,34,43H,1-4H3,(H2,39,40,44). The van der Waals surface area contributed by atoms with Crippen molar-refractivity contribution < 1.29 is 9.90 Å². The number of nitrogens with zero attached hydrogens (tertiary/aromatic N) is 4. The molecule has 0 aliphatic carbocycles. The minimum atomic E-state index is -0.860. The van der Waals surface area contributed by atoms with E-state index in [-0.39, 0.29) is 11.4 Å². The molecule has 44 heavy (non-hydrogen) atoms. The van der Waals surface area contributed by atoms with Crippen molar-refractivity contribution in [2.45, 2.75) is 39.2 Å². The largest absolute Gasteiger partial charge is 0.382 e. The molecule has 0 saturated carbocycles. The number of pyridine rings is 2. The highest BCUT2D eigenvalue weighted by Crippen LogP contribution is 2.34. The van der Waals surface area contributed by atoms with Gasteiger partial charge in [0.1, 0.15) is 11.9 Å². The number of amides is 2. The third-order valence-electron chi connectivity index (χ3n) is 7.55. The van der Waals surface area contributed by atoms with Gasteiger partial charge in [-0.1, -0.05) is 80.9 Å². The van der Waals surface area contributed by atoms with Crippen molar-refractivity contribution in [1.29, 1.82) is 0 Å². The van der Waals surface area contributed by atoms with E-state index in [9.17, 15) is 9.90 Å². The van der Waals surface area contributed by atoms with Gasteiger partial charge in [0, 0.05) is 46.6 Å². The summed E-state index contributed by atoms with van der Waals surface area (Å²) in [6.45, 7) is 8.32. The second kappa shape index (κ2) is 11.7. The fourth-order valence-electron chi connectivity index (χ4n) is 5.08. The molecule has 0 spiro atoms. The number of fused-ring (bicyclic) bond motifs is 1. The van der Waals surface area contributed by atoms with Crippen molar-refractivity contribution in [3.05, 3.63) is 132 Å². The van der Waals surface area contributed by atoms with Gasteiger partial charge < -0.3 is 10.4 Å². The monoisotopic (exact) mass is 582 g/mol. The number of aromatic nitrogens is 4. The van der Waals surface area contributed by atoms with Crippen molar-refractivity contribution >= 4 is 28.3 Å². The van der Waals surface area contributed by atoms with E-state index in [1.165, 1.54) is 0 Å². The lowest BCUT2D eigenvalue weighted by Gasteiger charge is -2.15. The summed E-state index contributed by atoms with van der Waals surface area (Å²) in [5.74, 6) is 0.580. The van der Waals surface area contributed by atoms with Gasteiger partial charge in [-0.15, -0.1) is 0 Å². The molecule has 8 nitrogen and oxygen atoms in total. The van der Waals surface area contributed by atoms with Crippen molar-refractivity contribution in [2.24, 2.45) is 0 Å². The van der Waals surface area contributed by atoms with Gasteiger partial charge in [-0.05, 0) is 48.2 Å². The first-order valence-electron chi connectivity index (χ1n) is 14.5. The number of aryl methyl sites for hydroxylation is 1. The van der Waals surface area contributed by atoms with Crippen molar-refractivity contribution in [3.63, 3.8) is 0 Å². The van der Waals surface area contributed by atoms with Gasteiger partial charge in [-0.3, -0.25) is 15.3 Å². The Bertz CT molecular complexity index is 1930. The number of nitrogens with one attached hydrogen (secondary N) is 2. The van der Waals surface area contributed by atoms with E-state index in [4.69, 9.17) is 5.10 Å². The van der Waals surface area contributed by atoms with E-state index >= 15 is 0 Å². The zero-order chi connectivity index (χ0) is 30.8. The lowest BCUT2D eigenvalue weighted by atomic mass is 9.92. The molecule has 6 rings (SSSR count). The van der Waals surface area contributed by atoms with Gasteiger partial charge in [0.15, 0.2) is 0 Å². The highest BCUT2D eigenvalue weighted by atomic mass is 16.3. The lowest BCUT2D eigenvalue weighted by molar-refractivity contribution is 0.215. The van der Waals surface area contributed by atoms with Gasteiger partial charge in [0.05, 0.1) is 22.8 Å². The second-order valence-corrected chi connectivity index (χ2v) is 11.9. The quantitative estimate of drug-likeness (QED) is 0.186. The fraction of sp³-hybridized carbons (Fsp3) is 0.167. The van der Waals surface area contributed by atoms with Crippen LogP contribution in [0.2, 0.25) is 0 Å². The van der Waals surface area contributed by atoms with Gasteiger partial charge in [-0.25, -0.2) is 9.48 Å². The molecular formula is C36H34N6O2. The van der Waals surface area contributed by atoms with E-state index in [2.05, 4.69) is 41.4 Å². The van der Waals surface area contributed by atoms with Crippen LogP contribution in [-0.4, -0.2) is 30.9 Å². The summed E-state index contributed by atoms with van der Waals surface area (Å²) < 4.78 is 1.77. The maximum atomic E-state index is 13.4. The lowest BCUT2D eigenvalue weighted by Crippen LogP contribution is -2.21. The summed E-state index contributed by atoms with van der Waals surface area (Å²) in [6.07, 6.45) is 4.20. The number of carbonyl (C=O) groups excluding carboxylic acids is 1. The van der Waals surface area contributed by atoms with E-state index in [1.54, 1.807) is 29.3 Å². The molecule has 0 aliphatic rings. The molecule has 6 aromatic rings. The molecule has 0 radical (unpaired) electrons. The van der Waals surface area contributed by atoms with Crippen LogP contribution in [-0.2, 0) is 5.41 Å². The number of aliphatic hydroxyl groups is 1. The molecular weight excluding hydrogens is 548 g/mol. The Morgan fingerprint density at radius 3 is 2.32 bits per heavy atom. The van der Waals surface area contributed by atoms with Gasteiger partial charge >= 0.3 is 6.03 Å².